The van der Waals surface area contributed by atoms with Crippen LogP contribution >= 0.6 is 11.8 Å². The Morgan fingerprint density at radius 3 is 1.98 bits per heavy atom. The Morgan fingerprint density at radius 2 is 1.20 bits per heavy atom. The Labute approximate surface area is 362 Å². The summed E-state index contributed by atoms with van der Waals surface area (Å²) in [6, 6.07) is 44.5. The van der Waals surface area contributed by atoms with Gasteiger partial charge < -0.3 is 4.90 Å². The topological polar surface area (TPSA) is 3.24 Å². The maximum absolute atomic E-state index is 2.70. The van der Waals surface area contributed by atoms with Crippen LogP contribution in [0, 0.1) is 52.3 Å². The first kappa shape index (κ1) is 34.8. The Morgan fingerprint density at radius 1 is 0.500 bits per heavy atom. The zero-order valence-electron chi connectivity index (χ0n) is 36.1. The van der Waals surface area contributed by atoms with Gasteiger partial charge in [0.1, 0.15) is 0 Å². The van der Waals surface area contributed by atoms with Crippen LogP contribution in [0.2, 0.25) is 0 Å². The average molecular weight is 802 g/mol. The molecule has 0 radical (unpaired) electrons. The number of benzene rings is 5. The molecule has 1 aliphatic heterocycles. The molecule has 0 N–H and O–H groups in total. The molecular weight excluding hydrogens is 743 g/mol. The SMILES string of the molecule is CC1(C)CCC(C)(C)c2cc(-c3ccc(N(c4ccc(C56CC7CC8CC(C5)C86C7)cc4)c4ccc5c(c4)C4(c6ccccc6S5)C5CC6CC7CC4C75C6)cc3)ccc21. The van der Waals surface area contributed by atoms with E-state index < -0.39 is 0 Å². The third-order valence-electron chi connectivity index (χ3n) is 21.1. The molecule has 11 unspecified atom stereocenters. The second kappa shape index (κ2) is 10.9. The van der Waals surface area contributed by atoms with Gasteiger partial charge >= 0.3 is 0 Å². The summed E-state index contributed by atoms with van der Waals surface area (Å²) < 4.78 is 0. The van der Waals surface area contributed by atoms with Gasteiger partial charge in [0.2, 0.25) is 0 Å². The number of anilines is 3. The average Bonchev–Trinajstić information content (AvgIpc) is 3.97. The van der Waals surface area contributed by atoms with E-state index in [4.69, 9.17) is 0 Å². The summed E-state index contributed by atoms with van der Waals surface area (Å²) in [5.74, 6) is 6.53. The van der Waals surface area contributed by atoms with Gasteiger partial charge in [-0.25, -0.2) is 0 Å². The molecule has 5 aromatic rings. The first-order valence-electron chi connectivity index (χ1n) is 24.1. The fourth-order valence-electron chi connectivity index (χ4n) is 18.8. The highest BCUT2D eigenvalue weighted by molar-refractivity contribution is 7.99. The van der Waals surface area contributed by atoms with Crippen molar-refractivity contribution in [2.24, 2.45) is 52.3 Å². The van der Waals surface area contributed by atoms with Crippen molar-refractivity contribution in [1.82, 2.24) is 0 Å². The smallest absolute Gasteiger partial charge is 0.0465 e. The van der Waals surface area contributed by atoms with Gasteiger partial charge in [0.05, 0.1) is 0 Å². The molecule has 8 saturated carbocycles. The van der Waals surface area contributed by atoms with Crippen LogP contribution in [0.15, 0.2) is 119 Å². The van der Waals surface area contributed by atoms with E-state index in [0.29, 0.717) is 16.2 Å². The molecule has 10 aliphatic rings. The van der Waals surface area contributed by atoms with Crippen LogP contribution in [0.3, 0.4) is 0 Å². The molecule has 8 fully saturated rings. The number of nitrogens with zero attached hydrogens (tertiary/aromatic N) is 1. The van der Waals surface area contributed by atoms with Gasteiger partial charge in [0.25, 0.3) is 0 Å². The fourth-order valence-corrected chi connectivity index (χ4v) is 20.0. The van der Waals surface area contributed by atoms with E-state index >= 15 is 0 Å². The maximum Gasteiger partial charge on any atom is 0.0465 e. The standard InChI is InChI=1S/C58H59NS/c1-53(2)21-22-54(3,4)47-26-37(11-19-45(47)53)36-9-14-42(15-10-36)59(43-16-12-38(13-17-43)55-30-35-24-40-27-41(33-55)57(40,55)32-35)44-18-20-50-48(29-44)58(46-7-5-6-8-49(46)60-50)51-25-34-23-39-28-52(58)56(39,51)31-34/h5-20,26,29,34-35,39-41,51-52H,21-25,27-28,30-33H2,1-4H3. The predicted molar refractivity (Wildman–Crippen MR) is 246 cm³/mol. The summed E-state index contributed by atoms with van der Waals surface area (Å²) in [4.78, 5) is 5.64. The Balaban J connectivity index is 0.857. The minimum Gasteiger partial charge on any atom is -0.310 e. The first-order valence-corrected chi connectivity index (χ1v) is 24.9. The molecule has 0 amide bonds. The van der Waals surface area contributed by atoms with E-state index in [1.165, 1.54) is 120 Å². The van der Waals surface area contributed by atoms with E-state index in [1.54, 1.807) is 16.7 Å². The lowest BCUT2D eigenvalue weighted by atomic mass is 9.26. The van der Waals surface area contributed by atoms with Crippen molar-refractivity contribution in [1.29, 1.82) is 0 Å². The minimum absolute atomic E-state index is 0.160. The van der Waals surface area contributed by atoms with Gasteiger partial charge in [0.15, 0.2) is 0 Å². The van der Waals surface area contributed by atoms with Gasteiger partial charge in [-0.15, -0.1) is 0 Å². The number of hydrogen-bond donors (Lipinski definition) is 0. The second-order valence-electron chi connectivity index (χ2n) is 23.8. The van der Waals surface area contributed by atoms with E-state index in [0.717, 1.165) is 41.4 Å². The van der Waals surface area contributed by atoms with Crippen molar-refractivity contribution in [3.05, 3.63) is 137 Å². The quantitative estimate of drug-likeness (QED) is 0.174. The summed E-state index contributed by atoms with van der Waals surface area (Å²) in [6.45, 7) is 9.77. The molecule has 1 nitrogen and oxygen atoms in total. The zero-order valence-corrected chi connectivity index (χ0v) is 36.9. The van der Waals surface area contributed by atoms with Gasteiger partial charge in [0, 0.05) is 37.7 Å². The molecule has 3 spiro atoms. The van der Waals surface area contributed by atoms with Crippen LogP contribution in [-0.2, 0) is 21.7 Å². The van der Waals surface area contributed by atoms with Gasteiger partial charge in [-0.2, -0.15) is 0 Å². The van der Waals surface area contributed by atoms with E-state index in [-0.39, 0.29) is 16.2 Å². The van der Waals surface area contributed by atoms with Crippen LogP contribution in [0.4, 0.5) is 17.1 Å². The molecule has 15 rings (SSSR count). The molecule has 0 aromatic heterocycles. The molecule has 302 valence electrons. The Kier molecular flexibility index (Phi) is 6.31. The maximum atomic E-state index is 2.70. The lowest BCUT2D eigenvalue weighted by molar-refractivity contribution is -0.235. The molecule has 4 bridgehead atoms. The highest BCUT2D eigenvalue weighted by atomic mass is 32.2. The van der Waals surface area contributed by atoms with Crippen LogP contribution in [0.1, 0.15) is 126 Å². The van der Waals surface area contributed by atoms with Crippen LogP contribution in [0.5, 0.6) is 0 Å². The summed E-state index contributed by atoms with van der Waals surface area (Å²) in [5, 5.41) is 0. The number of hydrogen-bond acceptors (Lipinski definition) is 2. The first-order chi connectivity index (χ1) is 29.0. The lowest BCUT2D eigenvalue weighted by Crippen LogP contribution is -2.74. The normalized spacial score (nSPS) is 39.9. The summed E-state index contributed by atoms with van der Waals surface area (Å²) in [5.41, 5.74) is 16.9. The number of fused-ring (bicyclic) bond motifs is 9. The molecule has 9 aliphatic carbocycles. The highest BCUT2D eigenvalue weighted by Gasteiger charge is 2.84. The van der Waals surface area contributed by atoms with Crippen molar-refractivity contribution < 1.29 is 0 Å². The van der Waals surface area contributed by atoms with Gasteiger partial charge in [-0.1, -0.05) is 100 Å². The van der Waals surface area contributed by atoms with E-state index in [1.807, 2.05) is 11.8 Å². The molecule has 2 heteroatoms. The largest absolute Gasteiger partial charge is 0.310 e. The Bertz CT molecular complexity index is 2710. The molecule has 1 heterocycles. The van der Waals surface area contributed by atoms with Gasteiger partial charge in [-0.3, -0.25) is 0 Å². The van der Waals surface area contributed by atoms with Crippen molar-refractivity contribution in [3.63, 3.8) is 0 Å². The monoisotopic (exact) mass is 801 g/mol. The lowest BCUT2D eigenvalue weighted by Gasteiger charge is -2.78. The second-order valence-corrected chi connectivity index (χ2v) is 24.8. The molecule has 60 heavy (non-hydrogen) atoms. The van der Waals surface area contributed by atoms with Crippen molar-refractivity contribution in [2.75, 3.05) is 4.90 Å². The summed E-state index contributed by atoms with van der Waals surface area (Å²) in [6.07, 6.45) is 15.8. The Hall–Kier alpha value is -3.75. The van der Waals surface area contributed by atoms with Crippen molar-refractivity contribution in [3.8, 4) is 11.1 Å². The van der Waals surface area contributed by atoms with Crippen LogP contribution in [-0.4, -0.2) is 0 Å². The zero-order chi connectivity index (χ0) is 39.8. The van der Waals surface area contributed by atoms with Crippen LogP contribution in [0.25, 0.3) is 11.1 Å². The van der Waals surface area contributed by atoms with E-state index in [2.05, 4.69) is 142 Å². The third kappa shape index (κ3) is 3.80. The summed E-state index contributed by atoms with van der Waals surface area (Å²) >= 11 is 2.04. The van der Waals surface area contributed by atoms with Crippen molar-refractivity contribution >= 4 is 28.8 Å². The minimum atomic E-state index is 0.160. The predicted octanol–water partition coefficient (Wildman–Crippen LogP) is 15.1. The summed E-state index contributed by atoms with van der Waals surface area (Å²) in [7, 11) is 0. The van der Waals surface area contributed by atoms with Crippen molar-refractivity contribution in [2.45, 2.75) is 130 Å². The van der Waals surface area contributed by atoms with Gasteiger partial charge in [-0.05, 0) is 221 Å². The molecular formula is C58H59NS. The van der Waals surface area contributed by atoms with E-state index in [9.17, 15) is 0 Å². The molecule has 11 atom stereocenters. The third-order valence-corrected chi connectivity index (χ3v) is 22.3. The highest BCUT2D eigenvalue weighted by Crippen LogP contribution is 2.89. The molecule has 0 saturated heterocycles. The fraction of sp³-hybridized carbons (Fsp3) is 0.483. The van der Waals surface area contributed by atoms with Crippen LogP contribution < -0.4 is 4.90 Å². The number of rotatable bonds is 5. The molecule has 5 aromatic carbocycles.